The van der Waals surface area contributed by atoms with Crippen LogP contribution in [0.15, 0.2) is 24.3 Å². The van der Waals surface area contributed by atoms with E-state index in [-0.39, 0.29) is 17.4 Å². The van der Waals surface area contributed by atoms with Crippen LogP contribution in [0.3, 0.4) is 0 Å². The molecule has 1 aromatic rings. The molecule has 0 N–H and O–H groups in total. The third-order valence-corrected chi connectivity index (χ3v) is 6.93. The molecule has 3 aliphatic rings. The molecule has 1 saturated carbocycles. The van der Waals surface area contributed by atoms with Gasteiger partial charge in [0.25, 0.3) is 0 Å². The molecule has 0 bridgehead atoms. The van der Waals surface area contributed by atoms with Crippen molar-refractivity contribution in [3.63, 3.8) is 0 Å². The van der Waals surface area contributed by atoms with Gasteiger partial charge in [-0.05, 0) is 62.1 Å². The lowest BCUT2D eigenvalue weighted by atomic mass is 9.77. The highest BCUT2D eigenvalue weighted by Gasteiger charge is 2.49. The molecule has 1 spiro atoms. The first-order valence-electron chi connectivity index (χ1n) is 11.0. The lowest BCUT2D eigenvalue weighted by molar-refractivity contribution is -0.127. The van der Waals surface area contributed by atoms with E-state index in [0.29, 0.717) is 13.1 Å². The highest BCUT2D eigenvalue weighted by atomic mass is 16.2. The van der Waals surface area contributed by atoms with Gasteiger partial charge in [-0.1, -0.05) is 25.5 Å². The molecule has 2 aliphatic heterocycles. The Kier molecular flexibility index (Phi) is 5.35. The number of nitrogens with zero attached hydrogens (tertiary/aromatic N) is 3. The van der Waals surface area contributed by atoms with Crippen LogP contribution in [0.4, 0.5) is 10.5 Å². The molecule has 5 heteroatoms. The van der Waals surface area contributed by atoms with Crippen molar-refractivity contribution in [2.24, 2.45) is 5.41 Å². The predicted molar refractivity (Wildman–Crippen MR) is 112 cm³/mol. The standard InChI is InChI=1S/C23H33N3O2/c1-3-4-14-24(2)22(28)25-15-11-23(12-16-25)13-17-26(21(23)27)20-9-7-19(8-10-20)18-5-6-18/h7-10,18H,3-6,11-17H2,1-2H3. The van der Waals surface area contributed by atoms with Crippen molar-refractivity contribution in [2.45, 2.75) is 57.8 Å². The Balaban J connectivity index is 1.36. The Bertz CT molecular complexity index is 718. The number of amides is 3. The van der Waals surface area contributed by atoms with Gasteiger partial charge in [0.05, 0.1) is 5.41 Å². The van der Waals surface area contributed by atoms with Gasteiger partial charge in [0.2, 0.25) is 5.91 Å². The summed E-state index contributed by atoms with van der Waals surface area (Å²) in [6.07, 6.45) is 7.21. The van der Waals surface area contributed by atoms with Crippen LogP contribution in [-0.4, -0.2) is 55.0 Å². The summed E-state index contributed by atoms with van der Waals surface area (Å²) in [7, 11) is 1.89. The van der Waals surface area contributed by atoms with Crippen LogP contribution in [0.2, 0.25) is 0 Å². The van der Waals surface area contributed by atoms with Crippen molar-refractivity contribution >= 4 is 17.6 Å². The van der Waals surface area contributed by atoms with E-state index < -0.39 is 0 Å². The average molecular weight is 384 g/mol. The van der Waals surface area contributed by atoms with Gasteiger partial charge in [0.1, 0.15) is 0 Å². The summed E-state index contributed by atoms with van der Waals surface area (Å²) in [5, 5.41) is 0. The predicted octanol–water partition coefficient (Wildman–Crippen LogP) is 4.23. The number of piperidine rings is 1. The number of carbonyl (C=O) groups is 2. The Labute approximate surface area is 168 Å². The molecular weight excluding hydrogens is 350 g/mol. The molecule has 2 heterocycles. The normalized spacial score (nSPS) is 21.4. The van der Waals surface area contributed by atoms with Gasteiger partial charge in [-0.3, -0.25) is 4.79 Å². The zero-order valence-electron chi connectivity index (χ0n) is 17.3. The van der Waals surface area contributed by atoms with Crippen molar-refractivity contribution < 1.29 is 9.59 Å². The van der Waals surface area contributed by atoms with Gasteiger partial charge in [-0.15, -0.1) is 0 Å². The summed E-state index contributed by atoms with van der Waals surface area (Å²) < 4.78 is 0. The molecule has 5 nitrogen and oxygen atoms in total. The lowest BCUT2D eigenvalue weighted by Crippen LogP contribution is -2.50. The summed E-state index contributed by atoms with van der Waals surface area (Å²) in [5.74, 6) is 1.00. The maximum absolute atomic E-state index is 13.3. The Morgan fingerprint density at radius 1 is 1.11 bits per heavy atom. The Morgan fingerprint density at radius 2 is 1.75 bits per heavy atom. The number of rotatable bonds is 5. The van der Waals surface area contributed by atoms with Gasteiger partial charge in [0.15, 0.2) is 0 Å². The molecule has 4 rings (SSSR count). The van der Waals surface area contributed by atoms with Gasteiger partial charge in [0, 0.05) is 38.9 Å². The number of anilines is 1. The van der Waals surface area contributed by atoms with Crippen molar-refractivity contribution in [1.29, 1.82) is 0 Å². The average Bonchev–Trinajstić information content (AvgIpc) is 3.53. The maximum Gasteiger partial charge on any atom is 0.319 e. The number of unbranched alkanes of at least 4 members (excludes halogenated alkanes) is 1. The number of hydrogen-bond acceptors (Lipinski definition) is 2. The van der Waals surface area contributed by atoms with E-state index in [4.69, 9.17) is 0 Å². The highest BCUT2D eigenvalue weighted by Crippen LogP contribution is 2.44. The van der Waals surface area contributed by atoms with E-state index in [0.717, 1.165) is 56.8 Å². The first-order chi connectivity index (χ1) is 13.5. The fourth-order valence-corrected chi connectivity index (χ4v) is 4.73. The molecule has 0 radical (unpaired) electrons. The van der Waals surface area contributed by atoms with E-state index in [9.17, 15) is 9.59 Å². The Morgan fingerprint density at radius 3 is 2.36 bits per heavy atom. The number of likely N-dealkylation sites (tertiary alicyclic amines) is 1. The molecule has 0 unspecified atom stereocenters. The minimum absolute atomic E-state index is 0.112. The van der Waals surface area contributed by atoms with Crippen molar-refractivity contribution in [3.8, 4) is 0 Å². The zero-order valence-corrected chi connectivity index (χ0v) is 17.3. The van der Waals surface area contributed by atoms with Gasteiger partial charge < -0.3 is 14.7 Å². The van der Waals surface area contributed by atoms with E-state index >= 15 is 0 Å². The molecule has 3 amide bonds. The summed E-state index contributed by atoms with van der Waals surface area (Å²) in [6.45, 7) is 5.12. The second-order valence-corrected chi connectivity index (χ2v) is 8.90. The summed E-state index contributed by atoms with van der Waals surface area (Å²) in [4.78, 5) is 31.6. The first-order valence-corrected chi connectivity index (χ1v) is 11.0. The quantitative estimate of drug-likeness (QED) is 0.763. The van der Waals surface area contributed by atoms with Crippen LogP contribution < -0.4 is 4.90 Å². The van der Waals surface area contributed by atoms with E-state index in [1.54, 1.807) is 0 Å². The second kappa shape index (κ2) is 7.76. The van der Waals surface area contributed by atoms with E-state index in [1.165, 1.54) is 18.4 Å². The fraction of sp³-hybridized carbons (Fsp3) is 0.652. The molecule has 3 fully saturated rings. The molecule has 1 aromatic carbocycles. The summed E-state index contributed by atoms with van der Waals surface area (Å²) in [6, 6.07) is 8.73. The second-order valence-electron chi connectivity index (χ2n) is 8.90. The third-order valence-electron chi connectivity index (χ3n) is 6.93. The summed E-state index contributed by atoms with van der Waals surface area (Å²) in [5.41, 5.74) is 2.17. The molecule has 2 saturated heterocycles. The van der Waals surface area contributed by atoms with Crippen LogP contribution in [0.1, 0.15) is 63.4 Å². The Hall–Kier alpha value is -2.04. The van der Waals surface area contributed by atoms with E-state index in [1.807, 2.05) is 21.7 Å². The largest absolute Gasteiger partial charge is 0.328 e. The van der Waals surface area contributed by atoms with Crippen LogP contribution in [0.5, 0.6) is 0 Å². The van der Waals surface area contributed by atoms with Crippen LogP contribution in [0.25, 0.3) is 0 Å². The van der Waals surface area contributed by atoms with Gasteiger partial charge >= 0.3 is 6.03 Å². The third kappa shape index (κ3) is 3.63. The minimum Gasteiger partial charge on any atom is -0.328 e. The first kappa shape index (κ1) is 19.3. The monoisotopic (exact) mass is 383 g/mol. The van der Waals surface area contributed by atoms with Crippen LogP contribution in [0, 0.1) is 5.41 Å². The number of hydrogen-bond donors (Lipinski definition) is 0. The SMILES string of the molecule is CCCCN(C)C(=O)N1CCC2(CC1)CCN(c1ccc(C3CC3)cc1)C2=O. The summed E-state index contributed by atoms with van der Waals surface area (Å²) >= 11 is 0. The molecule has 0 atom stereocenters. The molecule has 152 valence electrons. The smallest absolute Gasteiger partial charge is 0.319 e. The van der Waals surface area contributed by atoms with E-state index in [2.05, 4.69) is 31.2 Å². The highest BCUT2D eigenvalue weighted by molar-refractivity contribution is 6.00. The van der Waals surface area contributed by atoms with Crippen molar-refractivity contribution in [2.75, 3.05) is 38.1 Å². The van der Waals surface area contributed by atoms with Crippen molar-refractivity contribution in [1.82, 2.24) is 9.80 Å². The number of carbonyl (C=O) groups excluding carboxylic acids is 2. The lowest BCUT2D eigenvalue weighted by Gasteiger charge is -2.39. The van der Waals surface area contributed by atoms with Gasteiger partial charge in [-0.25, -0.2) is 4.79 Å². The number of benzene rings is 1. The minimum atomic E-state index is -0.270. The van der Waals surface area contributed by atoms with Crippen LogP contribution >= 0.6 is 0 Å². The topological polar surface area (TPSA) is 43.9 Å². The molecule has 28 heavy (non-hydrogen) atoms. The number of urea groups is 1. The zero-order chi connectivity index (χ0) is 19.7. The van der Waals surface area contributed by atoms with Crippen molar-refractivity contribution in [3.05, 3.63) is 29.8 Å². The fourth-order valence-electron chi connectivity index (χ4n) is 4.73. The molecule has 0 aromatic heterocycles. The van der Waals surface area contributed by atoms with Gasteiger partial charge in [-0.2, -0.15) is 0 Å². The molecule has 1 aliphatic carbocycles. The maximum atomic E-state index is 13.3. The van der Waals surface area contributed by atoms with Crippen LogP contribution in [-0.2, 0) is 4.79 Å². The molecular formula is C23H33N3O2.